The van der Waals surface area contributed by atoms with Crippen molar-refractivity contribution in [2.24, 2.45) is 4.99 Å². The Bertz CT molecular complexity index is 502. The quantitative estimate of drug-likeness (QED) is 0.326. The second kappa shape index (κ2) is 10.5. The molecule has 1 aromatic carbocycles. The molecule has 0 amide bonds. The van der Waals surface area contributed by atoms with Crippen LogP contribution in [0.4, 0.5) is 5.69 Å². The number of nitrogens with one attached hydrogen (secondary N) is 1. The van der Waals surface area contributed by atoms with Crippen LogP contribution in [0.15, 0.2) is 41.4 Å². The Hall–Kier alpha value is -1.24. The molecule has 1 N–H and O–H groups in total. The molecule has 0 fully saturated rings. The van der Waals surface area contributed by atoms with E-state index in [1.807, 2.05) is 7.05 Å². The van der Waals surface area contributed by atoms with Gasteiger partial charge in [0.25, 0.3) is 0 Å². The molecule has 2 rings (SSSR count). The zero-order valence-electron chi connectivity index (χ0n) is 14.5. The van der Waals surface area contributed by atoms with Gasteiger partial charge in [-0.3, -0.25) is 4.99 Å². The van der Waals surface area contributed by atoms with Crippen LogP contribution in [0.5, 0.6) is 0 Å². The number of unbranched alkanes of at least 4 members (excludes halogenated alkanes) is 1. The van der Waals surface area contributed by atoms with Gasteiger partial charge in [0.15, 0.2) is 5.96 Å². The minimum atomic E-state index is 0. The smallest absolute Gasteiger partial charge is 0.193 e. The van der Waals surface area contributed by atoms with Crippen LogP contribution in [0.2, 0.25) is 0 Å². The minimum absolute atomic E-state index is 0. The van der Waals surface area contributed by atoms with Gasteiger partial charge in [0.05, 0.1) is 0 Å². The number of hydrogen-bond donors (Lipinski definition) is 1. The van der Waals surface area contributed by atoms with E-state index < -0.39 is 0 Å². The fourth-order valence-electron chi connectivity index (χ4n) is 2.58. The van der Waals surface area contributed by atoms with Crippen LogP contribution < -0.4 is 10.2 Å². The molecule has 0 saturated carbocycles. The number of halogens is 1. The molecular formula is C18H29IN4. The lowest BCUT2D eigenvalue weighted by Gasteiger charge is -2.22. The van der Waals surface area contributed by atoms with Crippen molar-refractivity contribution in [2.45, 2.75) is 26.3 Å². The lowest BCUT2D eigenvalue weighted by Crippen LogP contribution is -2.38. The van der Waals surface area contributed by atoms with Crippen molar-refractivity contribution in [1.29, 1.82) is 0 Å². The molecule has 0 aromatic heterocycles. The Morgan fingerprint density at radius 1 is 1.22 bits per heavy atom. The van der Waals surface area contributed by atoms with Gasteiger partial charge < -0.3 is 15.1 Å². The third-order valence-corrected chi connectivity index (χ3v) is 3.99. The van der Waals surface area contributed by atoms with Gasteiger partial charge in [-0.05, 0) is 24.1 Å². The summed E-state index contributed by atoms with van der Waals surface area (Å²) in [4.78, 5) is 8.90. The summed E-state index contributed by atoms with van der Waals surface area (Å²) in [6.45, 7) is 6.10. The highest BCUT2D eigenvalue weighted by molar-refractivity contribution is 14.0. The molecule has 0 unspecified atom stereocenters. The first-order valence-electron chi connectivity index (χ1n) is 8.15. The van der Waals surface area contributed by atoms with Crippen LogP contribution in [0.3, 0.4) is 0 Å². The minimum Gasteiger partial charge on any atom is -0.364 e. The Kier molecular flexibility index (Phi) is 9.06. The SMILES string of the molecule is CCCCN(C)C(=NC)NCc1ccc(N2CC=CC2)cc1.I. The molecule has 23 heavy (non-hydrogen) atoms. The predicted octanol–water partition coefficient (Wildman–Crippen LogP) is 3.49. The molecule has 0 bridgehead atoms. The third kappa shape index (κ3) is 6.05. The topological polar surface area (TPSA) is 30.9 Å². The zero-order valence-corrected chi connectivity index (χ0v) is 16.8. The Balaban J connectivity index is 0.00000264. The van der Waals surface area contributed by atoms with Gasteiger partial charge in [0.2, 0.25) is 0 Å². The molecule has 0 atom stereocenters. The largest absolute Gasteiger partial charge is 0.364 e. The standard InChI is InChI=1S/C18H28N4.HI/c1-4-5-12-21(3)18(19-2)20-15-16-8-10-17(11-9-16)22-13-6-7-14-22;/h6-11H,4-5,12-15H2,1-3H3,(H,19,20);1H. The summed E-state index contributed by atoms with van der Waals surface area (Å²) in [5, 5.41) is 3.43. The van der Waals surface area contributed by atoms with Gasteiger partial charge in [-0.1, -0.05) is 37.6 Å². The number of nitrogens with zero attached hydrogens (tertiary/aromatic N) is 3. The highest BCUT2D eigenvalue weighted by Crippen LogP contribution is 2.17. The molecule has 1 aromatic rings. The summed E-state index contributed by atoms with van der Waals surface area (Å²) in [5.74, 6) is 0.960. The number of hydrogen-bond acceptors (Lipinski definition) is 2. The Labute approximate surface area is 157 Å². The van der Waals surface area contributed by atoms with Crippen LogP contribution in [-0.2, 0) is 6.54 Å². The van der Waals surface area contributed by atoms with E-state index in [1.54, 1.807) is 0 Å². The van der Waals surface area contributed by atoms with E-state index >= 15 is 0 Å². The fourth-order valence-corrected chi connectivity index (χ4v) is 2.58. The van der Waals surface area contributed by atoms with Gasteiger partial charge in [-0.25, -0.2) is 0 Å². The Morgan fingerprint density at radius 2 is 1.87 bits per heavy atom. The summed E-state index contributed by atoms with van der Waals surface area (Å²) in [5.41, 5.74) is 2.57. The van der Waals surface area contributed by atoms with Crippen molar-refractivity contribution in [3.8, 4) is 0 Å². The fraction of sp³-hybridized carbons (Fsp3) is 0.500. The van der Waals surface area contributed by atoms with E-state index in [1.165, 1.54) is 24.1 Å². The van der Waals surface area contributed by atoms with Crippen molar-refractivity contribution >= 4 is 35.6 Å². The first kappa shape index (κ1) is 19.8. The summed E-state index contributed by atoms with van der Waals surface area (Å²) < 4.78 is 0. The van der Waals surface area contributed by atoms with Crippen molar-refractivity contribution in [3.05, 3.63) is 42.0 Å². The monoisotopic (exact) mass is 428 g/mol. The number of rotatable bonds is 6. The summed E-state index contributed by atoms with van der Waals surface area (Å²) in [6.07, 6.45) is 6.82. The van der Waals surface area contributed by atoms with Gasteiger partial charge in [0, 0.05) is 46.0 Å². The third-order valence-electron chi connectivity index (χ3n) is 3.99. The van der Waals surface area contributed by atoms with Crippen LogP contribution in [0, 0.1) is 0 Å². The maximum atomic E-state index is 4.35. The number of anilines is 1. The highest BCUT2D eigenvalue weighted by atomic mass is 127. The van der Waals surface area contributed by atoms with Crippen LogP contribution >= 0.6 is 24.0 Å². The van der Waals surface area contributed by atoms with E-state index in [9.17, 15) is 0 Å². The molecule has 1 aliphatic rings. The molecule has 1 aliphatic heterocycles. The maximum Gasteiger partial charge on any atom is 0.193 e. The Morgan fingerprint density at radius 3 is 2.43 bits per heavy atom. The zero-order chi connectivity index (χ0) is 15.8. The summed E-state index contributed by atoms with van der Waals surface area (Å²) >= 11 is 0. The van der Waals surface area contributed by atoms with Crippen molar-refractivity contribution < 1.29 is 0 Å². The lowest BCUT2D eigenvalue weighted by atomic mass is 10.2. The maximum absolute atomic E-state index is 4.35. The van der Waals surface area contributed by atoms with Crippen molar-refractivity contribution in [3.63, 3.8) is 0 Å². The second-order valence-corrected chi connectivity index (χ2v) is 5.72. The van der Waals surface area contributed by atoms with E-state index in [0.29, 0.717) is 0 Å². The molecule has 4 nitrogen and oxygen atoms in total. The average Bonchev–Trinajstić information content (AvgIpc) is 3.08. The normalized spacial score (nSPS) is 13.9. The van der Waals surface area contributed by atoms with Crippen LogP contribution in [-0.4, -0.2) is 44.6 Å². The van der Waals surface area contributed by atoms with Crippen LogP contribution in [0.1, 0.15) is 25.3 Å². The van der Waals surface area contributed by atoms with E-state index in [-0.39, 0.29) is 24.0 Å². The lowest BCUT2D eigenvalue weighted by molar-refractivity contribution is 0.464. The van der Waals surface area contributed by atoms with Crippen molar-refractivity contribution in [2.75, 3.05) is 38.6 Å². The van der Waals surface area contributed by atoms with Gasteiger partial charge in [-0.15, -0.1) is 24.0 Å². The molecule has 0 saturated heterocycles. The molecule has 0 aliphatic carbocycles. The van der Waals surface area contributed by atoms with E-state index in [2.05, 4.69) is 70.5 Å². The molecule has 1 heterocycles. The van der Waals surface area contributed by atoms with Crippen molar-refractivity contribution in [1.82, 2.24) is 10.2 Å². The number of benzene rings is 1. The summed E-state index contributed by atoms with van der Waals surface area (Å²) in [7, 11) is 3.93. The first-order chi connectivity index (χ1) is 10.7. The van der Waals surface area contributed by atoms with Gasteiger partial charge in [-0.2, -0.15) is 0 Å². The molecule has 0 radical (unpaired) electrons. The molecule has 0 spiro atoms. The second-order valence-electron chi connectivity index (χ2n) is 5.72. The van der Waals surface area contributed by atoms with Gasteiger partial charge in [0.1, 0.15) is 0 Å². The molecule has 128 valence electrons. The molecular weight excluding hydrogens is 399 g/mol. The first-order valence-corrected chi connectivity index (χ1v) is 8.15. The van der Waals surface area contributed by atoms with Crippen LogP contribution in [0.25, 0.3) is 0 Å². The highest BCUT2D eigenvalue weighted by Gasteiger charge is 2.08. The van der Waals surface area contributed by atoms with E-state index in [0.717, 1.165) is 32.1 Å². The van der Waals surface area contributed by atoms with Gasteiger partial charge >= 0.3 is 0 Å². The predicted molar refractivity (Wildman–Crippen MR) is 111 cm³/mol. The average molecular weight is 428 g/mol. The molecule has 5 heteroatoms. The number of aliphatic imine (C=N–C) groups is 1. The van der Waals surface area contributed by atoms with E-state index in [4.69, 9.17) is 0 Å². The summed E-state index contributed by atoms with van der Waals surface area (Å²) in [6, 6.07) is 8.79. The number of guanidine groups is 1.